The smallest absolute Gasteiger partial charge is 0.323 e. The van der Waals surface area contributed by atoms with Crippen molar-refractivity contribution in [2.45, 2.75) is 19.3 Å². The van der Waals surface area contributed by atoms with Gasteiger partial charge in [0.15, 0.2) is 0 Å². The van der Waals surface area contributed by atoms with E-state index in [4.69, 9.17) is 5.73 Å². The van der Waals surface area contributed by atoms with Gasteiger partial charge in [-0.25, -0.2) is 4.79 Å². The Labute approximate surface area is 108 Å². The summed E-state index contributed by atoms with van der Waals surface area (Å²) in [4.78, 5) is 11.6. The van der Waals surface area contributed by atoms with Crippen LogP contribution in [-0.2, 0) is 6.42 Å². The van der Waals surface area contributed by atoms with Crippen molar-refractivity contribution in [3.8, 4) is 0 Å². The highest BCUT2D eigenvalue weighted by molar-refractivity contribution is 9.10. The normalized spacial score (nSPS) is 14.9. The number of aryl methyl sites for hydroxylation is 1. The Morgan fingerprint density at radius 1 is 1.47 bits per heavy atom. The van der Waals surface area contributed by atoms with E-state index in [9.17, 15) is 4.79 Å². The predicted molar refractivity (Wildman–Crippen MR) is 69.9 cm³/mol. The molecule has 1 aromatic heterocycles. The average Bonchev–Trinajstić information content (AvgIpc) is 2.63. The zero-order chi connectivity index (χ0) is 12.0. The molecule has 1 aromatic carbocycles. The molecule has 2 N–H and O–H groups in total. The van der Waals surface area contributed by atoms with Gasteiger partial charge in [-0.1, -0.05) is 15.9 Å². The lowest BCUT2D eigenvalue weighted by molar-refractivity contribution is 0.251. The molecule has 1 amide bonds. The number of fused-ring (bicyclic) bond motifs is 3. The van der Waals surface area contributed by atoms with Crippen LogP contribution in [0.1, 0.15) is 24.1 Å². The van der Waals surface area contributed by atoms with E-state index in [0.29, 0.717) is 0 Å². The molecule has 2 aromatic rings. The van der Waals surface area contributed by atoms with E-state index in [1.165, 1.54) is 5.56 Å². The van der Waals surface area contributed by atoms with Crippen LogP contribution in [0.5, 0.6) is 0 Å². The number of hydrogen-bond donors (Lipinski definition) is 1. The predicted octanol–water partition coefficient (Wildman–Crippen LogP) is 3.10. The van der Waals surface area contributed by atoms with Crippen LogP contribution < -0.4 is 5.73 Å². The molecule has 4 heteroatoms. The van der Waals surface area contributed by atoms with Crippen molar-refractivity contribution in [3.63, 3.8) is 0 Å². The molecule has 1 aliphatic carbocycles. The standard InChI is InChI=1S/C13H11BrN2O/c14-8-5-6-12-10(7-8)9-3-1-2-4-11(9)16(12)13(15)17/h5-7H,1-3H2,(H2,15,17). The second kappa shape index (κ2) is 3.88. The molecule has 86 valence electrons. The van der Waals surface area contributed by atoms with Crippen molar-refractivity contribution in [1.82, 2.24) is 4.57 Å². The third-order valence-electron chi connectivity index (χ3n) is 3.15. The minimum absolute atomic E-state index is 0.437. The van der Waals surface area contributed by atoms with E-state index in [0.717, 1.165) is 40.3 Å². The van der Waals surface area contributed by atoms with Crippen molar-refractivity contribution in [3.05, 3.63) is 40.4 Å². The molecular formula is C13H11BrN2O. The summed E-state index contributed by atoms with van der Waals surface area (Å²) in [5.41, 5.74) is 8.38. The molecule has 0 unspecified atom stereocenters. The minimum Gasteiger partial charge on any atom is -0.351 e. The molecular weight excluding hydrogens is 280 g/mol. The summed E-state index contributed by atoms with van der Waals surface area (Å²) in [6.45, 7) is 0. The molecule has 2 radical (unpaired) electrons. The number of hydrogen-bond acceptors (Lipinski definition) is 1. The molecule has 0 saturated heterocycles. The maximum absolute atomic E-state index is 11.6. The van der Waals surface area contributed by atoms with Gasteiger partial charge in [0, 0.05) is 22.0 Å². The van der Waals surface area contributed by atoms with E-state index < -0.39 is 6.03 Å². The first kappa shape index (κ1) is 10.8. The quantitative estimate of drug-likeness (QED) is 0.796. The van der Waals surface area contributed by atoms with Crippen LogP contribution in [0, 0.1) is 6.42 Å². The summed E-state index contributed by atoms with van der Waals surface area (Å²) < 4.78 is 2.58. The molecule has 0 fully saturated rings. The second-order valence-electron chi connectivity index (χ2n) is 4.19. The van der Waals surface area contributed by atoms with Gasteiger partial charge in [0.25, 0.3) is 0 Å². The molecule has 0 bridgehead atoms. The Morgan fingerprint density at radius 2 is 2.29 bits per heavy atom. The van der Waals surface area contributed by atoms with Crippen molar-refractivity contribution >= 4 is 32.9 Å². The van der Waals surface area contributed by atoms with E-state index in [-0.39, 0.29) is 0 Å². The molecule has 0 atom stereocenters. The second-order valence-corrected chi connectivity index (χ2v) is 5.11. The van der Waals surface area contributed by atoms with Crippen LogP contribution in [0.15, 0.2) is 22.7 Å². The molecule has 1 heterocycles. The number of carbonyl (C=O) groups excluding carboxylic acids is 1. The summed E-state index contributed by atoms with van der Waals surface area (Å²) in [5.74, 6) is 0. The lowest BCUT2D eigenvalue weighted by Crippen LogP contribution is -2.22. The molecule has 3 nitrogen and oxygen atoms in total. The highest BCUT2D eigenvalue weighted by Crippen LogP contribution is 2.34. The topological polar surface area (TPSA) is 48.0 Å². The van der Waals surface area contributed by atoms with E-state index >= 15 is 0 Å². The highest BCUT2D eigenvalue weighted by Gasteiger charge is 2.22. The summed E-state index contributed by atoms with van der Waals surface area (Å²) in [6, 6.07) is 5.45. The van der Waals surface area contributed by atoms with Gasteiger partial charge < -0.3 is 5.73 Å². The number of aromatic nitrogens is 1. The first-order valence-electron chi connectivity index (χ1n) is 5.55. The van der Waals surface area contributed by atoms with Crippen molar-refractivity contribution in [1.29, 1.82) is 0 Å². The highest BCUT2D eigenvalue weighted by atomic mass is 79.9. The van der Waals surface area contributed by atoms with Crippen LogP contribution in [0.2, 0.25) is 0 Å². The maximum Gasteiger partial charge on any atom is 0.323 e. The van der Waals surface area contributed by atoms with E-state index in [1.54, 1.807) is 4.57 Å². The monoisotopic (exact) mass is 290 g/mol. The van der Waals surface area contributed by atoms with Gasteiger partial charge in [0.1, 0.15) is 0 Å². The number of rotatable bonds is 0. The largest absolute Gasteiger partial charge is 0.351 e. The first-order valence-corrected chi connectivity index (χ1v) is 6.34. The van der Waals surface area contributed by atoms with Gasteiger partial charge >= 0.3 is 6.03 Å². The third-order valence-corrected chi connectivity index (χ3v) is 3.64. The Kier molecular flexibility index (Phi) is 2.47. The summed E-state index contributed by atoms with van der Waals surface area (Å²) in [6.07, 6.45) is 6.22. The third kappa shape index (κ3) is 1.59. The minimum atomic E-state index is -0.437. The molecule has 0 aliphatic heterocycles. The van der Waals surface area contributed by atoms with Crippen LogP contribution in [0.4, 0.5) is 4.79 Å². The number of primary amides is 1. The number of nitrogens with zero attached hydrogens (tertiary/aromatic N) is 1. The Balaban J connectivity index is 2.41. The van der Waals surface area contributed by atoms with Gasteiger partial charge in [-0.05, 0) is 43.0 Å². The number of benzene rings is 1. The molecule has 17 heavy (non-hydrogen) atoms. The number of halogens is 1. The summed E-state index contributed by atoms with van der Waals surface area (Å²) in [5, 5.41) is 1.10. The Morgan fingerprint density at radius 3 is 3.06 bits per heavy atom. The summed E-state index contributed by atoms with van der Waals surface area (Å²) in [7, 11) is 0. The SMILES string of the molecule is NC(=O)n1c2c(c3cc(Br)ccc31)CCC[C]2. The van der Waals surface area contributed by atoms with Gasteiger partial charge in [-0.2, -0.15) is 0 Å². The number of amides is 1. The average molecular weight is 291 g/mol. The fourth-order valence-electron chi connectivity index (χ4n) is 2.47. The molecule has 0 spiro atoms. The fraction of sp³-hybridized carbons (Fsp3) is 0.231. The zero-order valence-corrected chi connectivity index (χ0v) is 10.8. The Hall–Kier alpha value is -1.29. The zero-order valence-electron chi connectivity index (χ0n) is 9.16. The lowest BCUT2D eigenvalue weighted by Gasteiger charge is -2.12. The molecule has 3 rings (SSSR count). The fourth-order valence-corrected chi connectivity index (χ4v) is 2.83. The van der Waals surface area contributed by atoms with Crippen LogP contribution in [-0.4, -0.2) is 10.6 Å². The van der Waals surface area contributed by atoms with E-state index in [1.807, 2.05) is 18.2 Å². The summed E-state index contributed by atoms with van der Waals surface area (Å²) >= 11 is 3.46. The first-order chi connectivity index (χ1) is 8.18. The molecule has 1 aliphatic rings. The number of nitrogens with two attached hydrogens (primary N) is 1. The maximum atomic E-state index is 11.6. The lowest BCUT2D eigenvalue weighted by atomic mass is 9.96. The Bertz CT molecular complexity index is 615. The van der Waals surface area contributed by atoms with Gasteiger partial charge in [0.2, 0.25) is 0 Å². The van der Waals surface area contributed by atoms with Crippen LogP contribution in [0.25, 0.3) is 10.9 Å². The van der Waals surface area contributed by atoms with Crippen molar-refractivity contribution < 1.29 is 4.79 Å². The van der Waals surface area contributed by atoms with Crippen molar-refractivity contribution in [2.24, 2.45) is 5.73 Å². The van der Waals surface area contributed by atoms with Crippen LogP contribution in [0.3, 0.4) is 0 Å². The number of carbonyl (C=O) groups is 1. The van der Waals surface area contributed by atoms with Gasteiger partial charge in [-0.15, -0.1) is 0 Å². The van der Waals surface area contributed by atoms with E-state index in [2.05, 4.69) is 22.4 Å². The van der Waals surface area contributed by atoms with Gasteiger partial charge in [0.05, 0.1) is 5.52 Å². The molecule has 0 saturated carbocycles. The van der Waals surface area contributed by atoms with Crippen molar-refractivity contribution in [2.75, 3.05) is 0 Å². The van der Waals surface area contributed by atoms with Gasteiger partial charge in [-0.3, -0.25) is 4.57 Å². The van der Waals surface area contributed by atoms with Crippen LogP contribution >= 0.6 is 15.9 Å².